The maximum absolute atomic E-state index is 12.4. The number of rotatable bonds is 4. The number of Topliss-reactive ketones (excluding diaryl/α,β-unsaturated/α-hetero) is 1. The lowest BCUT2D eigenvalue weighted by atomic mass is 9.58. The summed E-state index contributed by atoms with van der Waals surface area (Å²) in [5.74, 6) is 2.15. The number of ether oxygens (including phenoxy) is 2. The van der Waals surface area contributed by atoms with Gasteiger partial charge < -0.3 is 9.47 Å². The van der Waals surface area contributed by atoms with Gasteiger partial charge in [0.05, 0.1) is 13.2 Å². The minimum Gasteiger partial charge on any atom is -0.348 e. The number of carbonyl (C=O) groups is 1. The number of hydrogen-bond donors (Lipinski definition) is 0. The molecule has 3 heteroatoms. The van der Waals surface area contributed by atoms with Crippen molar-refractivity contribution in [1.29, 1.82) is 0 Å². The SMILES string of the molecule is CCC.CCC1(CCC2CCCC3C2=CC[C@]2(C)C(=O)CCC32)OCCO1. The van der Waals surface area contributed by atoms with E-state index in [4.69, 9.17) is 9.47 Å². The van der Waals surface area contributed by atoms with Crippen LogP contribution < -0.4 is 0 Å². The molecule has 27 heavy (non-hydrogen) atoms. The minimum atomic E-state index is -0.319. The predicted molar refractivity (Wildman–Crippen MR) is 109 cm³/mol. The van der Waals surface area contributed by atoms with Gasteiger partial charge in [-0.3, -0.25) is 4.79 Å². The molecule has 4 aliphatic rings. The van der Waals surface area contributed by atoms with Crippen molar-refractivity contribution in [3.8, 4) is 0 Å². The molecular formula is C24H40O3. The Balaban J connectivity index is 0.000000659. The summed E-state index contributed by atoms with van der Waals surface area (Å²) < 4.78 is 11.9. The molecule has 0 aromatic carbocycles. The standard InChI is InChI=1S/C21H32O3.C3H8/c1-3-21(23-13-14-24-21)12-9-15-5-4-6-17-16(15)10-11-20(2)18(17)7-8-19(20)22;1-3-2/h10,15,17-18H,3-9,11-14H2,1-2H3;3H2,1-2H3/t15?,17?,18?,20-;/m0./s1. The lowest BCUT2D eigenvalue weighted by molar-refractivity contribution is -0.166. The largest absolute Gasteiger partial charge is 0.348 e. The number of carbonyl (C=O) groups excluding carboxylic acids is 1. The summed E-state index contributed by atoms with van der Waals surface area (Å²) in [6.07, 6.45) is 13.7. The van der Waals surface area contributed by atoms with E-state index in [1.165, 1.54) is 32.1 Å². The lowest BCUT2D eigenvalue weighted by Gasteiger charge is -2.46. The molecule has 3 fully saturated rings. The highest BCUT2D eigenvalue weighted by atomic mass is 16.7. The smallest absolute Gasteiger partial charge is 0.168 e. The molecule has 2 saturated carbocycles. The Bertz CT molecular complexity index is 546. The Labute approximate surface area is 166 Å². The monoisotopic (exact) mass is 376 g/mol. The van der Waals surface area contributed by atoms with Crippen LogP contribution in [0, 0.1) is 23.2 Å². The van der Waals surface area contributed by atoms with Crippen LogP contribution in [-0.2, 0) is 14.3 Å². The van der Waals surface area contributed by atoms with E-state index in [1.807, 2.05) is 0 Å². The first-order chi connectivity index (χ1) is 13.0. The molecule has 4 rings (SSSR count). The van der Waals surface area contributed by atoms with Crippen LogP contribution >= 0.6 is 0 Å². The fraction of sp³-hybridized carbons (Fsp3) is 0.875. The molecule has 0 amide bonds. The van der Waals surface area contributed by atoms with E-state index in [0.29, 0.717) is 23.5 Å². The average molecular weight is 377 g/mol. The summed E-state index contributed by atoms with van der Waals surface area (Å²) in [6, 6.07) is 0. The number of allylic oxidation sites excluding steroid dienone is 2. The van der Waals surface area contributed by atoms with E-state index < -0.39 is 0 Å². The molecule has 3 nitrogen and oxygen atoms in total. The van der Waals surface area contributed by atoms with Crippen LogP contribution in [0.25, 0.3) is 0 Å². The van der Waals surface area contributed by atoms with Gasteiger partial charge in [-0.1, -0.05) is 52.2 Å². The molecule has 0 aromatic rings. The molecular weight excluding hydrogens is 336 g/mol. The Morgan fingerprint density at radius 2 is 1.81 bits per heavy atom. The zero-order valence-corrected chi connectivity index (χ0v) is 18.0. The first-order valence-electron chi connectivity index (χ1n) is 11.5. The summed E-state index contributed by atoms with van der Waals surface area (Å²) in [6.45, 7) is 10.1. The van der Waals surface area contributed by atoms with Crippen molar-refractivity contribution >= 4 is 5.78 Å². The normalized spacial score (nSPS) is 37.1. The second kappa shape index (κ2) is 8.78. The van der Waals surface area contributed by atoms with Gasteiger partial charge in [-0.05, 0) is 56.3 Å². The van der Waals surface area contributed by atoms with Crippen LogP contribution in [0.15, 0.2) is 11.6 Å². The average Bonchev–Trinajstić information content (AvgIpc) is 3.26. The Morgan fingerprint density at radius 3 is 2.48 bits per heavy atom. The molecule has 0 N–H and O–H groups in total. The summed E-state index contributed by atoms with van der Waals surface area (Å²) >= 11 is 0. The topological polar surface area (TPSA) is 35.5 Å². The molecule has 154 valence electrons. The van der Waals surface area contributed by atoms with Crippen molar-refractivity contribution in [2.45, 2.75) is 97.7 Å². The Morgan fingerprint density at radius 1 is 1.11 bits per heavy atom. The van der Waals surface area contributed by atoms with Crippen molar-refractivity contribution in [1.82, 2.24) is 0 Å². The van der Waals surface area contributed by atoms with E-state index in [-0.39, 0.29) is 11.2 Å². The van der Waals surface area contributed by atoms with E-state index in [1.54, 1.807) is 5.57 Å². The second-order valence-corrected chi connectivity index (χ2v) is 9.34. The third-order valence-electron chi connectivity index (χ3n) is 7.58. The molecule has 1 heterocycles. The van der Waals surface area contributed by atoms with Gasteiger partial charge in [0.1, 0.15) is 5.78 Å². The second-order valence-electron chi connectivity index (χ2n) is 9.34. The molecule has 0 radical (unpaired) electrons. The van der Waals surface area contributed by atoms with Crippen molar-refractivity contribution in [2.24, 2.45) is 23.2 Å². The third-order valence-corrected chi connectivity index (χ3v) is 7.58. The fourth-order valence-corrected chi connectivity index (χ4v) is 6.04. The maximum atomic E-state index is 12.4. The van der Waals surface area contributed by atoms with E-state index in [2.05, 4.69) is 33.8 Å². The first kappa shape index (κ1) is 21.0. The number of fused-ring (bicyclic) bond motifs is 3. The van der Waals surface area contributed by atoms with Gasteiger partial charge in [0.2, 0.25) is 0 Å². The van der Waals surface area contributed by atoms with Gasteiger partial charge >= 0.3 is 0 Å². The first-order valence-corrected chi connectivity index (χ1v) is 11.5. The minimum absolute atomic E-state index is 0.0572. The van der Waals surface area contributed by atoms with Gasteiger partial charge in [-0.25, -0.2) is 0 Å². The van der Waals surface area contributed by atoms with Crippen LogP contribution in [0.4, 0.5) is 0 Å². The fourth-order valence-electron chi connectivity index (χ4n) is 6.04. The van der Waals surface area contributed by atoms with Gasteiger partial charge in [-0.2, -0.15) is 0 Å². The molecule has 1 saturated heterocycles. The zero-order chi connectivity index (χ0) is 19.5. The molecule has 0 spiro atoms. The van der Waals surface area contributed by atoms with Crippen molar-refractivity contribution < 1.29 is 14.3 Å². The molecule has 3 unspecified atom stereocenters. The zero-order valence-electron chi connectivity index (χ0n) is 18.0. The summed E-state index contributed by atoms with van der Waals surface area (Å²) in [4.78, 5) is 12.4. The van der Waals surface area contributed by atoms with Crippen LogP contribution in [0.2, 0.25) is 0 Å². The number of ketones is 1. The molecule has 3 aliphatic carbocycles. The van der Waals surface area contributed by atoms with E-state index in [9.17, 15) is 4.79 Å². The van der Waals surface area contributed by atoms with Crippen molar-refractivity contribution in [3.63, 3.8) is 0 Å². The van der Waals surface area contributed by atoms with Crippen molar-refractivity contribution in [2.75, 3.05) is 13.2 Å². The number of hydrogen-bond acceptors (Lipinski definition) is 3. The summed E-state index contributed by atoms with van der Waals surface area (Å²) in [5, 5.41) is 0. The Hall–Kier alpha value is -0.670. The molecule has 4 atom stereocenters. The van der Waals surface area contributed by atoms with E-state index in [0.717, 1.165) is 45.3 Å². The van der Waals surface area contributed by atoms with Crippen LogP contribution in [-0.4, -0.2) is 24.8 Å². The summed E-state index contributed by atoms with van der Waals surface area (Å²) in [5.41, 5.74) is 1.63. The van der Waals surface area contributed by atoms with Gasteiger partial charge in [-0.15, -0.1) is 0 Å². The predicted octanol–water partition coefficient (Wildman–Crippen LogP) is 6.07. The molecule has 1 aliphatic heterocycles. The lowest BCUT2D eigenvalue weighted by Crippen LogP contribution is -2.40. The van der Waals surface area contributed by atoms with E-state index >= 15 is 0 Å². The highest BCUT2D eigenvalue weighted by Crippen LogP contribution is 2.57. The van der Waals surface area contributed by atoms with Crippen LogP contribution in [0.1, 0.15) is 91.9 Å². The van der Waals surface area contributed by atoms with Crippen molar-refractivity contribution in [3.05, 3.63) is 11.6 Å². The molecule has 0 bridgehead atoms. The Kier molecular flexibility index (Phi) is 6.84. The highest BCUT2D eigenvalue weighted by Gasteiger charge is 2.52. The van der Waals surface area contributed by atoms with Gasteiger partial charge in [0, 0.05) is 18.3 Å². The van der Waals surface area contributed by atoms with Gasteiger partial charge in [0.25, 0.3) is 0 Å². The maximum Gasteiger partial charge on any atom is 0.168 e. The van der Waals surface area contributed by atoms with Crippen LogP contribution in [0.5, 0.6) is 0 Å². The summed E-state index contributed by atoms with van der Waals surface area (Å²) in [7, 11) is 0. The van der Waals surface area contributed by atoms with Gasteiger partial charge in [0.15, 0.2) is 5.79 Å². The third kappa shape index (κ3) is 4.05. The molecule has 0 aromatic heterocycles. The highest BCUT2D eigenvalue weighted by molar-refractivity contribution is 5.87. The quantitative estimate of drug-likeness (QED) is 0.559. The van der Waals surface area contributed by atoms with Crippen LogP contribution in [0.3, 0.4) is 0 Å².